The highest BCUT2D eigenvalue weighted by Gasteiger charge is 2.12. The van der Waals surface area contributed by atoms with E-state index in [1.807, 2.05) is 42.2 Å². The van der Waals surface area contributed by atoms with E-state index in [2.05, 4.69) is 17.3 Å². The van der Waals surface area contributed by atoms with Gasteiger partial charge >= 0.3 is 0 Å². The smallest absolute Gasteiger partial charge is 0.0982 e. The molecule has 0 aliphatic heterocycles. The summed E-state index contributed by atoms with van der Waals surface area (Å²) in [5.74, 6) is 0.454. The van der Waals surface area contributed by atoms with Crippen molar-refractivity contribution in [3.8, 4) is 11.3 Å². The average molecular weight is 308 g/mol. The Bertz CT molecular complexity index is 583. The van der Waals surface area contributed by atoms with Crippen LogP contribution in [0.1, 0.15) is 18.9 Å². The van der Waals surface area contributed by atoms with Crippen LogP contribution in [0.15, 0.2) is 30.5 Å². The summed E-state index contributed by atoms with van der Waals surface area (Å²) in [6.45, 7) is 3.98. The van der Waals surface area contributed by atoms with E-state index in [0.29, 0.717) is 10.9 Å². The number of hydrogen-bond acceptors (Lipinski definition) is 3. The molecule has 4 nitrogen and oxygen atoms in total. The number of halogens is 1. The number of aryl methyl sites for hydroxylation is 1. The van der Waals surface area contributed by atoms with Crippen molar-refractivity contribution in [2.45, 2.75) is 19.9 Å². The Labute approximate surface area is 130 Å². The molecule has 0 bridgehead atoms. The lowest BCUT2D eigenvalue weighted by molar-refractivity contribution is 0.260. The molecule has 1 unspecified atom stereocenters. The number of nitrogens with zero attached hydrogens (tertiary/aromatic N) is 2. The van der Waals surface area contributed by atoms with Gasteiger partial charge in [0, 0.05) is 37.5 Å². The van der Waals surface area contributed by atoms with Crippen LogP contribution >= 0.6 is 11.6 Å². The lowest BCUT2D eigenvalue weighted by Crippen LogP contribution is -2.21. The van der Waals surface area contributed by atoms with Crippen LogP contribution in [0.2, 0.25) is 5.02 Å². The monoisotopic (exact) mass is 307 g/mol. The summed E-state index contributed by atoms with van der Waals surface area (Å²) in [4.78, 5) is 0. The van der Waals surface area contributed by atoms with Crippen LogP contribution in [0.3, 0.4) is 0 Å². The summed E-state index contributed by atoms with van der Waals surface area (Å²) in [5.41, 5.74) is 3.01. The van der Waals surface area contributed by atoms with Crippen molar-refractivity contribution in [1.29, 1.82) is 0 Å². The Morgan fingerprint density at radius 1 is 1.38 bits per heavy atom. The van der Waals surface area contributed by atoms with Crippen LogP contribution in [0.4, 0.5) is 0 Å². The fraction of sp³-hybridized carbons (Fsp3) is 0.438. The van der Waals surface area contributed by atoms with E-state index in [4.69, 9.17) is 16.7 Å². The molecule has 1 atom stereocenters. The summed E-state index contributed by atoms with van der Waals surface area (Å²) in [6.07, 6.45) is 2.83. The summed E-state index contributed by atoms with van der Waals surface area (Å²) >= 11 is 6.27. The Morgan fingerprint density at radius 3 is 2.86 bits per heavy atom. The van der Waals surface area contributed by atoms with Gasteiger partial charge in [-0.15, -0.1) is 0 Å². The summed E-state index contributed by atoms with van der Waals surface area (Å²) in [6, 6.07) is 7.76. The van der Waals surface area contributed by atoms with Gasteiger partial charge in [0.25, 0.3) is 0 Å². The first kappa shape index (κ1) is 16.0. The average Bonchev–Trinajstić information content (AvgIpc) is 2.80. The molecule has 0 saturated heterocycles. The molecule has 0 amide bonds. The highest BCUT2D eigenvalue weighted by Crippen LogP contribution is 2.28. The van der Waals surface area contributed by atoms with E-state index in [1.54, 1.807) is 0 Å². The number of benzene rings is 1. The van der Waals surface area contributed by atoms with Crippen LogP contribution in [-0.4, -0.2) is 28.0 Å². The molecule has 1 aromatic heterocycles. The zero-order chi connectivity index (χ0) is 15.2. The second-order valence-corrected chi connectivity index (χ2v) is 5.81. The van der Waals surface area contributed by atoms with Gasteiger partial charge in [-0.05, 0) is 24.9 Å². The minimum atomic E-state index is 0.237. The first-order valence-electron chi connectivity index (χ1n) is 7.20. The van der Waals surface area contributed by atoms with E-state index in [0.717, 1.165) is 36.3 Å². The van der Waals surface area contributed by atoms with Gasteiger partial charge in [0.1, 0.15) is 0 Å². The molecule has 5 heteroatoms. The van der Waals surface area contributed by atoms with E-state index in [-0.39, 0.29) is 6.61 Å². The fourth-order valence-electron chi connectivity index (χ4n) is 2.32. The van der Waals surface area contributed by atoms with Crippen LogP contribution in [0, 0.1) is 5.92 Å². The third-order valence-corrected chi connectivity index (χ3v) is 3.79. The summed E-state index contributed by atoms with van der Waals surface area (Å²) < 4.78 is 1.81. The molecule has 2 N–H and O–H groups in total. The van der Waals surface area contributed by atoms with Gasteiger partial charge in [-0.3, -0.25) is 4.68 Å². The van der Waals surface area contributed by atoms with Crippen LogP contribution in [0.25, 0.3) is 11.3 Å². The van der Waals surface area contributed by atoms with Crippen molar-refractivity contribution in [2.24, 2.45) is 13.0 Å². The minimum Gasteiger partial charge on any atom is -0.396 e. The Hall–Kier alpha value is -1.36. The number of aliphatic hydroxyl groups is 1. The van der Waals surface area contributed by atoms with Crippen molar-refractivity contribution in [3.05, 3.63) is 41.0 Å². The van der Waals surface area contributed by atoms with Gasteiger partial charge < -0.3 is 10.4 Å². The quantitative estimate of drug-likeness (QED) is 0.827. The Morgan fingerprint density at radius 2 is 2.14 bits per heavy atom. The van der Waals surface area contributed by atoms with Gasteiger partial charge in [0.15, 0.2) is 0 Å². The van der Waals surface area contributed by atoms with E-state index < -0.39 is 0 Å². The Balaban J connectivity index is 2.09. The number of rotatable bonds is 7. The largest absolute Gasteiger partial charge is 0.396 e. The maximum Gasteiger partial charge on any atom is 0.0982 e. The van der Waals surface area contributed by atoms with Crippen molar-refractivity contribution < 1.29 is 5.11 Å². The predicted molar refractivity (Wildman–Crippen MR) is 86.2 cm³/mol. The molecule has 1 aromatic carbocycles. The van der Waals surface area contributed by atoms with Crippen molar-refractivity contribution in [1.82, 2.24) is 15.1 Å². The first-order chi connectivity index (χ1) is 10.1. The van der Waals surface area contributed by atoms with Crippen LogP contribution < -0.4 is 5.32 Å². The van der Waals surface area contributed by atoms with Gasteiger partial charge in [-0.2, -0.15) is 5.10 Å². The van der Waals surface area contributed by atoms with Gasteiger partial charge in [-0.25, -0.2) is 0 Å². The molecule has 1 heterocycles. The number of aliphatic hydroxyl groups excluding tert-OH is 1. The topological polar surface area (TPSA) is 50.1 Å². The molecule has 114 valence electrons. The van der Waals surface area contributed by atoms with Crippen molar-refractivity contribution in [2.75, 3.05) is 13.2 Å². The third-order valence-electron chi connectivity index (χ3n) is 3.46. The molecule has 0 aliphatic carbocycles. The molecule has 2 rings (SSSR count). The number of nitrogens with one attached hydrogen (secondary N) is 1. The standard InChI is InChI=1S/C16H22ClN3O/c1-12(7-8-21)9-18-10-13-11-20(2)19-16(13)14-5-3-4-6-15(14)17/h3-6,11-12,18,21H,7-10H2,1-2H3. The van der Waals surface area contributed by atoms with E-state index in [9.17, 15) is 0 Å². The van der Waals surface area contributed by atoms with Crippen LogP contribution in [0.5, 0.6) is 0 Å². The Kier molecular flexibility index (Phi) is 5.79. The maximum absolute atomic E-state index is 8.92. The number of aromatic nitrogens is 2. The second-order valence-electron chi connectivity index (χ2n) is 5.40. The highest BCUT2D eigenvalue weighted by molar-refractivity contribution is 6.33. The third kappa shape index (κ3) is 4.30. The highest BCUT2D eigenvalue weighted by atomic mass is 35.5. The molecule has 0 spiro atoms. The lowest BCUT2D eigenvalue weighted by atomic mass is 10.1. The molecule has 21 heavy (non-hydrogen) atoms. The molecule has 0 radical (unpaired) electrons. The maximum atomic E-state index is 8.92. The van der Waals surface area contributed by atoms with Gasteiger partial charge in [0.05, 0.1) is 10.7 Å². The summed E-state index contributed by atoms with van der Waals surface area (Å²) in [7, 11) is 1.91. The molecular formula is C16H22ClN3O. The molecule has 0 aliphatic rings. The molecule has 0 saturated carbocycles. The first-order valence-corrected chi connectivity index (χ1v) is 7.58. The zero-order valence-electron chi connectivity index (χ0n) is 12.5. The lowest BCUT2D eigenvalue weighted by Gasteiger charge is -2.11. The SMILES string of the molecule is CC(CCO)CNCc1cn(C)nc1-c1ccccc1Cl. The summed E-state index contributed by atoms with van der Waals surface area (Å²) in [5, 5.41) is 17.6. The molecule has 0 fully saturated rings. The van der Waals surface area contributed by atoms with Crippen LogP contribution in [-0.2, 0) is 13.6 Å². The molecule has 2 aromatic rings. The van der Waals surface area contributed by atoms with E-state index in [1.165, 1.54) is 0 Å². The van der Waals surface area contributed by atoms with Crippen molar-refractivity contribution in [3.63, 3.8) is 0 Å². The van der Waals surface area contributed by atoms with E-state index >= 15 is 0 Å². The zero-order valence-corrected chi connectivity index (χ0v) is 13.3. The molecular weight excluding hydrogens is 286 g/mol. The predicted octanol–water partition coefficient (Wildman–Crippen LogP) is 2.85. The van der Waals surface area contributed by atoms with Crippen molar-refractivity contribution >= 4 is 11.6 Å². The van der Waals surface area contributed by atoms with Gasteiger partial charge in [0.2, 0.25) is 0 Å². The normalized spacial score (nSPS) is 12.6. The number of hydrogen-bond donors (Lipinski definition) is 2. The second kappa shape index (κ2) is 7.59. The van der Waals surface area contributed by atoms with Gasteiger partial charge in [-0.1, -0.05) is 36.7 Å². The fourth-order valence-corrected chi connectivity index (χ4v) is 2.55. The minimum absolute atomic E-state index is 0.237.